The van der Waals surface area contributed by atoms with E-state index in [4.69, 9.17) is 0 Å². The van der Waals surface area contributed by atoms with Crippen LogP contribution in [0.4, 0.5) is 8.78 Å². The lowest BCUT2D eigenvalue weighted by molar-refractivity contribution is -0.131. The van der Waals surface area contributed by atoms with Crippen LogP contribution in [0.5, 0.6) is 0 Å². The van der Waals surface area contributed by atoms with Gasteiger partial charge in [0.05, 0.1) is 0 Å². The molecule has 2 heterocycles. The summed E-state index contributed by atoms with van der Waals surface area (Å²) < 4.78 is 27.4. The van der Waals surface area contributed by atoms with Crippen molar-refractivity contribution in [1.82, 2.24) is 9.80 Å². The molecule has 2 atom stereocenters. The van der Waals surface area contributed by atoms with Crippen LogP contribution < -0.4 is 0 Å². The van der Waals surface area contributed by atoms with E-state index >= 15 is 0 Å². The number of amides is 1. The number of piperidine rings is 1. The lowest BCUT2D eigenvalue weighted by Gasteiger charge is -2.36. The zero-order chi connectivity index (χ0) is 17.3. The Labute approximate surface area is 142 Å². The quantitative estimate of drug-likeness (QED) is 0.841. The molecule has 0 unspecified atom stereocenters. The fraction of sp³-hybridized carbons (Fsp3) is 0.632. The van der Waals surface area contributed by atoms with E-state index in [1.807, 2.05) is 4.90 Å². The molecular weight excluding hydrogens is 310 g/mol. The highest BCUT2D eigenvalue weighted by Crippen LogP contribution is 2.32. The minimum absolute atomic E-state index is 0.219. The van der Waals surface area contributed by atoms with Gasteiger partial charge in [-0.25, -0.2) is 8.78 Å². The van der Waals surface area contributed by atoms with Crippen molar-refractivity contribution in [3.05, 3.63) is 35.4 Å². The first-order chi connectivity index (χ1) is 11.5. The average Bonchev–Trinajstić information content (AvgIpc) is 2.96. The third-order valence-corrected chi connectivity index (χ3v) is 5.24. The molecule has 132 valence electrons. The minimum Gasteiger partial charge on any atom is -0.341 e. The molecule has 2 aliphatic heterocycles. The number of hydrogen-bond donors (Lipinski definition) is 0. The third kappa shape index (κ3) is 3.61. The number of fused-ring (bicyclic) bond motifs is 1. The van der Waals surface area contributed by atoms with Crippen molar-refractivity contribution in [2.24, 2.45) is 11.8 Å². The molecule has 1 aromatic rings. The van der Waals surface area contributed by atoms with Gasteiger partial charge in [-0.2, -0.15) is 0 Å². The van der Waals surface area contributed by atoms with Crippen molar-refractivity contribution in [2.75, 3.05) is 19.6 Å². The summed E-state index contributed by atoms with van der Waals surface area (Å²) in [5.41, 5.74) is 0.405. The highest BCUT2D eigenvalue weighted by Gasteiger charge is 2.40. The molecule has 3 nitrogen and oxygen atoms in total. The Bertz CT molecular complexity index is 605. The average molecular weight is 336 g/mol. The van der Waals surface area contributed by atoms with Crippen LogP contribution in [-0.4, -0.2) is 41.4 Å². The maximum absolute atomic E-state index is 14.0. The lowest BCUT2D eigenvalue weighted by Crippen LogP contribution is -2.44. The van der Waals surface area contributed by atoms with Crippen LogP contribution in [-0.2, 0) is 11.3 Å². The maximum atomic E-state index is 14.0. The SMILES string of the molecule is CC(C)CC(=O)N1C[C@H]2CCCN(Cc3cccc(F)c3F)[C@H]2C1. The molecule has 3 rings (SSSR count). The highest BCUT2D eigenvalue weighted by atomic mass is 19.2. The smallest absolute Gasteiger partial charge is 0.222 e. The second kappa shape index (κ2) is 7.18. The van der Waals surface area contributed by atoms with Gasteiger partial charge in [-0.1, -0.05) is 26.0 Å². The van der Waals surface area contributed by atoms with E-state index in [0.29, 0.717) is 36.9 Å². The number of hydrogen-bond acceptors (Lipinski definition) is 2. The van der Waals surface area contributed by atoms with E-state index in [1.54, 1.807) is 12.1 Å². The molecule has 0 bridgehead atoms. The first kappa shape index (κ1) is 17.3. The molecular formula is C19H26F2N2O. The number of nitrogens with zero attached hydrogens (tertiary/aromatic N) is 2. The molecule has 0 aliphatic carbocycles. The van der Waals surface area contributed by atoms with Crippen LogP contribution in [0, 0.1) is 23.5 Å². The summed E-state index contributed by atoms with van der Waals surface area (Å²) in [5, 5.41) is 0. The Hall–Kier alpha value is -1.49. The monoisotopic (exact) mass is 336 g/mol. The fourth-order valence-corrected chi connectivity index (χ4v) is 4.04. The van der Waals surface area contributed by atoms with E-state index in [2.05, 4.69) is 18.7 Å². The van der Waals surface area contributed by atoms with Crippen molar-refractivity contribution in [3.63, 3.8) is 0 Å². The molecule has 2 fully saturated rings. The van der Waals surface area contributed by atoms with Gasteiger partial charge in [0, 0.05) is 37.7 Å². The Morgan fingerprint density at radius 3 is 2.83 bits per heavy atom. The molecule has 0 aromatic heterocycles. The van der Waals surface area contributed by atoms with Crippen molar-refractivity contribution in [3.8, 4) is 0 Å². The summed E-state index contributed by atoms with van der Waals surface area (Å²) in [5.74, 6) is -0.507. The van der Waals surface area contributed by atoms with Crippen LogP contribution in [0.1, 0.15) is 38.7 Å². The summed E-state index contributed by atoms with van der Waals surface area (Å²) in [6.07, 6.45) is 2.74. The molecule has 2 aliphatic rings. The second-order valence-electron chi connectivity index (χ2n) is 7.55. The zero-order valence-electron chi connectivity index (χ0n) is 14.5. The van der Waals surface area contributed by atoms with Crippen LogP contribution in [0.3, 0.4) is 0 Å². The summed E-state index contributed by atoms with van der Waals surface area (Å²) in [6, 6.07) is 4.62. The largest absolute Gasteiger partial charge is 0.341 e. The van der Waals surface area contributed by atoms with Crippen molar-refractivity contribution >= 4 is 5.91 Å². The Kier molecular flexibility index (Phi) is 5.18. The number of rotatable bonds is 4. The van der Waals surface area contributed by atoms with Crippen LogP contribution in [0.2, 0.25) is 0 Å². The predicted octanol–water partition coefficient (Wildman–Crippen LogP) is 3.43. The highest BCUT2D eigenvalue weighted by molar-refractivity contribution is 5.76. The Morgan fingerprint density at radius 1 is 1.29 bits per heavy atom. The van der Waals surface area contributed by atoms with E-state index in [-0.39, 0.29) is 11.9 Å². The summed E-state index contributed by atoms with van der Waals surface area (Å²) >= 11 is 0. The maximum Gasteiger partial charge on any atom is 0.222 e. The van der Waals surface area contributed by atoms with Crippen molar-refractivity contribution in [1.29, 1.82) is 0 Å². The zero-order valence-corrected chi connectivity index (χ0v) is 14.5. The molecule has 1 aromatic carbocycles. The lowest BCUT2D eigenvalue weighted by atomic mass is 9.91. The standard InChI is InChI=1S/C19H26F2N2O/c1-13(2)9-18(24)23-10-14-6-4-8-22(17(14)12-23)11-15-5-3-7-16(20)19(15)21/h3,5,7,13-14,17H,4,6,8-12H2,1-2H3/t14-,17+/m1/s1. The van der Waals surface area contributed by atoms with E-state index in [1.165, 1.54) is 0 Å². The van der Waals surface area contributed by atoms with Gasteiger partial charge in [0.15, 0.2) is 11.6 Å². The minimum atomic E-state index is -0.791. The number of halogens is 2. The van der Waals surface area contributed by atoms with E-state index in [9.17, 15) is 13.6 Å². The fourth-order valence-electron chi connectivity index (χ4n) is 4.04. The molecule has 0 N–H and O–H groups in total. The van der Waals surface area contributed by atoms with Gasteiger partial charge in [0.1, 0.15) is 0 Å². The summed E-state index contributed by atoms with van der Waals surface area (Å²) in [6.45, 7) is 6.92. The van der Waals surface area contributed by atoms with Gasteiger partial charge in [-0.15, -0.1) is 0 Å². The topological polar surface area (TPSA) is 23.6 Å². The molecule has 0 saturated carbocycles. The van der Waals surface area contributed by atoms with Crippen LogP contribution in [0.15, 0.2) is 18.2 Å². The van der Waals surface area contributed by atoms with Gasteiger partial charge in [0.25, 0.3) is 0 Å². The van der Waals surface area contributed by atoms with Gasteiger partial charge in [0.2, 0.25) is 5.91 Å². The molecule has 0 radical (unpaired) electrons. The van der Waals surface area contributed by atoms with E-state index in [0.717, 1.165) is 32.0 Å². The van der Waals surface area contributed by atoms with Gasteiger partial charge >= 0.3 is 0 Å². The Balaban J connectivity index is 1.69. The van der Waals surface area contributed by atoms with Gasteiger partial charge < -0.3 is 4.90 Å². The number of benzene rings is 1. The first-order valence-corrected chi connectivity index (χ1v) is 8.90. The normalized spacial score (nSPS) is 24.5. The molecule has 0 spiro atoms. The van der Waals surface area contributed by atoms with Crippen molar-refractivity contribution < 1.29 is 13.6 Å². The molecule has 24 heavy (non-hydrogen) atoms. The Morgan fingerprint density at radius 2 is 2.08 bits per heavy atom. The van der Waals surface area contributed by atoms with Gasteiger partial charge in [-0.05, 0) is 37.3 Å². The van der Waals surface area contributed by atoms with E-state index < -0.39 is 11.6 Å². The van der Waals surface area contributed by atoms with Gasteiger partial charge in [-0.3, -0.25) is 9.69 Å². The second-order valence-corrected chi connectivity index (χ2v) is 7.55. The number of carbonyl (C=O) groups excluding carboxylic acids is 1. The number of carbonyl (C=O) groups is 1. The summed E-state index contributed by atoms with van der Waals surface area (Å²) in [7, 11) is 0. The third-order valence-electron chi connectivity index (χ3n) is 5.24. The molecule has 2 saturated heterocycles. The van der Waals surface area contributed by atoms with Crippen LogP contribution >= 0.6 is 0 Å². The number of likely N-dealkylation sites (tertiary alicyclic amines) is 2. The first-order valence-electron chi connectivity index (χ1n) is 8.90. The van der Waals surface area contributed by atoms with Crippen molar-refractivity contribution in [2.45, 2.75) is 45.7 Å². The molecule has 5 heteroatoms. The summed E-state index contributed by atoms with van der Waals surface area (Å²) in [4.78, 5) is 16.6. The van der Waals surface area contributed by atoms with Crippen LogP contribution in [0.25, 0.3) is 0 Å². The predicted molar refractivity (Wildman–Crippen MR) is 89.3 cm³/mol. The molecule has 1 amide bonds.